The van der Waals surface area contributed by atoms with Crippen LogP contribution in [0.4, 0.5) is 0 Å². The fourth-order valence-electron chi connectivity index (χ4n) is 2.85. The van der Waals surface area contributed by atoms with E-state index in [1.165, 1.54) is 0 Å². The van der Waals surface area contributed by atoms with E-state index < -0.39 is 0 Å². The predicted molar refractivity (Wildman–Crippen MR) is 99.5 cm³/mol. The van der Waals surface area contributed by atoms with E-state index in [4.69, 9.17) is 10.5 Å². The van der Waals surface area contributed by atoms with E-state index in [1.807, 2.05) is 24.3 Å². The van der Waals surface area contributed by atoms with Gasteiger partial charge in [-0.25, -0.2) is 0 Å². The van der Waals surface area contributed by atoms with E-state index in [2.05, 4.69) is 24.1 Å². The summed E-state index contributed by atoms with van der Waals surface area (Å²) < 4.78 is 5.61. The summed E-state index contributed by atoms with van der Waals surface area (Å²) in [6.45, 7) is 8.48. The van der Waals surface area contributed by atoms with Gasteiger partial charge in [-0.3, -0.25) is 9.69 Å². The lowest BCUT2D eigenvalue weighted by atomic mass is 9.90. The fourth-order valence-corrected chi connectivity index (χ4v) is 2.85. The van der Waals surface area contributed by atoms with E-state index in [1.54, 1.807) is 0 Å². The first-order chi connectivity index (χ1) is 11.0. The van der Waals surface area contributed by atoms with Gasteiger partial charge in [-0.1, -0.05) is 26.0 Å². The smallest absolute Gasteiger partial charge is 0.234 e. The van der Waals surface area contributed by atoms with Crippen LogP contribution < -0.4 is 15.8 Å². The van der Waals surface area contributed by atoms with Crippen LogP contribution in [0, 0.1) is 5.41 Å². The van der Waals surface area contributed by atoms with Crippen LogP contribution in [0.2, 0.25) is 0 Å². The number of halogens is 1. The number of benzene rings is 1. The maximum atomic E-state index is 12.1. The highest BCUT2D eigenvalue weighted by molar-refractivity contribution is 5.85. The van der Waals surface area contributed by atoms with Gasteiger partial charge in [-0.2, -0.15) is 0 Å². The maximum absolute atomic E-state index is 12.1. The molecule has 1 fully saturated rings. The minimum atomic E-state index is 0. The van der Waals surface area contributed by atoms with Crippen molar-refractivity contribution in [1.82, 2.24) is 10.2 Å². The summed E-state index contributed by atoms with van der Waals surface area (Å²) in [7, 11) is 0. The second-order valence-corrected chi connectivity index (χ2v) is 6.75. The summed E-state index contributed by atoms with van der Waals surface area (Å²) in [6.07, 6.45) is 2.05. The van der Waals surface area contributed by atoms with Gasteiger partial charge in [0.15, 0.2) is 0 Å². The Labute approximate surface area is 151 Å². The molecule has 24 heavy (non-hydrogen) atoms. The van der Waals surface area contributed by atoms with Crippen molar-refractivity contribution in [3.63, 3.8) is 0 Å². The van der Waals surface area contributed by atoms with E-state index in [-0.39, 0.29) is 23.7 Å². The third kappa shape index (κ3) is 6.30. The average molecular weight is 356 g/mol. The molecule has 1 heterocycles. The van der Waals surface area contributed by atoms with Gasteiger partial charge in [0.1, 0.15) is 5.75 Å². The Morgan fingerprint density at radius 3 is 2.92 bits per heavy atom. The molecule has 0 aliphatic carbocycles. The molecule has 1 aliphatic rings. The molecule has 5 nitrogen and oxygen atoms in total. The van der Waals surface area contributed by atoms with Gasteiger partial charge < -0.3 is 15.8 Å². The molecular weight excluding hydrogens is 326 g/mol. The van der Waals surface area contributed by atoms with Gasteiger partial charge in [0.2, 0.25) is 5.91 Å². The Hall–Kier alpha value is -1.30. The summed E-state index contributed by atoms with van der Waals surface area (Å²) in [5.74, 6) is 0.919. The zero-order valence-electron chi connectivity index (χ0n) is 14.7. The number of carbonyl (C=O) groups excluding carboxylic acids is 1. The van der Waals surface area contributed by atoms with Crippen LogP contribution in [0.15, 0.2) is 24.3 Å². The summed E-state index contributed by atoms with van der Waals surface area (Å²) in [5, 5.41) is 2.99. The predicted octanol–water partition coefficient (Wildman–Crippen LogP) is 2.18. The first-order valence-corrected chi connectivity index (χ1v) is 8.45. The Morgan fingerprint density at radius 2 is 2.25 bits per heavy atom. The monoisotopic (exact) mass is 355 g/mol. The third-order valence-corrected chi connectivity index (χ3v) is 4.36. The minimum Gasteiger partial charge on any atom is -0.494 e. The molecule has 1 unspecified atom stereocenters. The highest BCUT2D eigenvalue weighted by Gasteiger charge is 2.32. The number of carbonyl (C=O) groups is 1. The lowest BCUT2D eigenvalue weighted by Crippen LogP contribution is -2.38. The standard InChI is InChI=1S/C18H29N3O2.ClH/c1-3-9-23-16-6-4-5-15(10-16)11-20-17(22)12-21-8-7-18(2,13-19)14-21;/h4-6,10H,3,7-9,11-14,19H2,1-2H3,(H,20,22);1H. The average Bonchev–Trinajstić information content (AvgIpc) is 2.93. The number of nitrogens with zero attached hydrogens (tertiary/aromatic N) is 1. The topological polar surface area (TPSA) is 67.6 Å². The van der Waals surface area contributed by atoms with E-state index in [0.29, 0.717) is 26.2 Å². The summed E-state index contributed by atoms with van der Waals surface area (Å²) in [4.78, 5) is 14.3. The number of nitrogens with one attached hydrogen (secondary N) is 1. The summed E-state index contributed by atoms with van der Waals surface area (Å²) in [5.41, 5.74) is 7.02. The molecule has 1 aliphatic heterocycles. The second-order valence-electron chi connectivity index (χ2n) is 6.75. The van der Waals surface area contributed by atoms with Gasteiger partial charge in [-0.15, -0.1) is 12.4 Å². The van der Waals surface area contributed by atoms with Gasteiger partial charge in [-0.05, 0) is 49.0 Å². The molecule has 2 rings (SSSR count). The largest absolute Gasteiger partial charge is 0.494 e. The van der Waals surface area contributed by atoms with Crippen LogP contribution >= 0.6 is 12.4 Å². The molecule has 1 saturated heterocycles. The number of hydrogen-bond acceptors (Lipinski definition) is 4. The highest BCUT2D eigenvalue weighted by atomic mass is 35.5. The first kappa shape index (κ1) is 20.7. The first-order valence-electron chi connectivity index (χ1n) is 8.45. The van der Waals surface area contributed by atoms with Crippen molar-refractivity contribution in [3.05, 3.63) is 29.8 Å². The lowest BCUT2D eigenvalue weighted by Gasteiger charge is -2.22. The molecule has 0 aromatic heterocycles. The SMILES string of the molecule is CCCOc1cccc(CNC(=O)CN2CCC(C)(CN)C2)c1.Cl. The highest BCUT2D eigenvalue weighted by Crippen LogP contribution is 2.27. The molecule has 1 atom stereocenters. The van der Waals surface area contributed by atoms with Gasteiger partial charge in [0, 0.05) is 13.1 Å². The molecule has 6 heteroatoms. The van der Waals surface area contributed by atoms with Gasteiger partial charge >= 0.3 is 0 Å². The molecule has 0 radical (unpaired) electrons. The molecule has 1 amide bonds. The molecule has 136 valence electrons. The zero-order valence-corrected chi connectivity index (χ0v) is 15.5. The number of amides is 1. The van der Waals surface area contributed by atoms with E-state index in [0.717, 1.165) is 37.2 Å². The molecule has 0 spiro atoms. The third-order valence-electron chi connectivity index (χ3n) is 4.36. The molecular formula is C18H30ClN3O2. The Bertz CT molecular complexity index is 527. The Morgan fingerprint density at radius 1 is 1.46 bits per heavy atom. The van der Waals surface area contributed by atoms with Crippen LogP contribution in [0.1, 0.15) is 32.3 Å². The van der Waals surface area contributed by atoms with Crippen LogP contribution in [0.5, 0.6) is 5.75 Å². The number of ether oxygens (including phenoxy) is 1. The van der Waals surface area contributed by atoms with E-state index >= 15 is 0 Å². The van der Waals surface area contributed by atoms with Crippen molar-refractivity contribution in [2.45, 2.75) is 33.2 Å². The summed E-state index contributed by atoms with van der Waals surface area (Å²) in [6, 6.07) is 7.89. The van der Waals surface area contributed by atoms with Crippen LogP contribution in [-0.2, 0) is 11.3 Å². The number of rotatable bonds is 8. The van der Waals surface area contributed by atoms with Crippen molar-refractivity contribution in [2.24, 2.45) is 11.1 Å². The van der Waals surface area contributed by atoms with Gasteiger partial charge in [0.25, 0.3) is 0 Å². The van der Waals surface area contributed by atoms with Gasteiger partial charge in [0.05, 0.1) is 13.2 Å². The second kappa shape index (κ2) is 9.87. The van der Waals surface area contributed by atoms with Crippen LogP contribution in [0.25, 0.3) is 0 Å². The molecule has 1 aromatic carbocycles. The van der Waals surface area contributed by atoms with Crippen molar-refractivity contribution in [3.8, 4) is 5.75 Å². The fraction of sp³-hybridized carbons (Fsp3) is 0.611. The molecule has 1 aromatic rings. The Kier molecular flexibility index (Phi) is 8.53. The number of nitrogens with two attached hydrogens (primary N) is 1. The quantitative estimate of drug-likeness (QED) is 0.750. The minimum absolute atomic E-state index is 0. The molecule has 0 bridgehead atoms. The molecule has 0 saturated carbocycles. The van der Waals surface area contributed by atoms with Crippen molar-refractivity contribution >= 4 is 18.3 Å². The summed E-state index contributed by atoms with van der Waals surface area (Å²) >= 11 is 0. The van der Waals surface area contributed by atoms with Crippen LogP contribution in [0.3, 0.4) is 0 Å². The maximum Gasteiger partial charge on any atom is 0.234 e. The van der Waals surface area contributed by atoms with Crippen LogP contribution in [-0.4, -0.2) is 43.6 Å². The number of likely N-dealkylation sites (tertiary alicyclic amines) is 1. The van der Waals surface area contributed by atoms with E-state index in [9.17, 15) is 4.79 Å². The number of hydrogen-bond donors (Lipinski definition) is 2. The van der Waals surface area contributed by atoms with Crippen molar-refractivity contribution < 1.29 is 9.53 Å². The lowest BCUT2D eigenvalue weighted by molar-refractivity contribution is -0.122. The van der Waals surface area contributed by atoms with Crippen molar-refractivity contribution in [1.29, 1.82) is 0 Å². The zero-order chi connectivity index (χ0) is 16.7. The molecule has 3 N–H and O–H groups in total. The normalized spacial score (nSPS) is 20.5. The van der Waals surface area contributed by atoms with Crippen molar-refractivity contribution in [2.75, 3.05) is 32.8 Å². The Balaban J connectivity index is 0.00000288.